The summed E-state index contributed by atoms with van der Waals surface area (Å²) in [5, 5.41) is 0. The predicted molar refractivity (Wildman–Crippen MR) is 106 cm³/mol. The number of hydrogen-bond donors (Lipinski definition) is 0. The van der Waals surface area contributed by atoms with Gasteiger partial charge >= 0.3 is 0 Å². The molecular formula is C24H26O5. The number of ether oxygens (including phenoxy) is 3. The molecule has 0 fully saturated rings. The molecule has 0 saturated carbocycles. The number of carbonyl (C=O) groups is 2. The lowest BCUT2D eigenvalue weighted by atomic mass is 9.65. The Balaban J connectivity index is 1.69. The average Bonchev–Trinajstić information content (AvgIpc) is 3.05. The van der Waals surface area contributed by atoms with Crippen LogP contribution in [0.1, 0.15) is 64.9 Å². The summed E-state index contributed by atoms with van der Waals surface area (Å²) in [4.78, 5) is 26.5. The molecule has 5 rings (SSSR count). The molecule has 2 aliphatic carbocycles. The summed E-state index contributed by atoms with van der Waals surface area (Å²) in [5.41, 5.74) is 1.88. The SMILES string of the molecule is CC1(C)CC(=O)C2=C(C1)OC1=C(C(=O)CC(C)(C)C1)C2c1ccc2c(c1)OCO2. The third-order valence-corrected chi connectivity index (χ3v) is 6.31. The third kappa shape index (κ3) is 2.98. The maximum atomic E-state index is 13.2. The van der Waals surface area contributed by atoms with Crippen molar-refractivity contribution in [1.82, 2.24) is 0 Å². The Morgan fingerprint density at radius 1 is 0.793 bits per heavy atom. The van der Waals surface area contributed by atoms with Gasteiger partial charge in [-0.1, -0.05) is 33.8 Å². The molecule has 5 nitrogen and oxygen atoms in total. The van der Waals surface area contributed by atoms with E-state index in [9.17, 15) is 9.59 Å². The van der Waals surface area contributed by atoms with Crippen molar-refractivity contribution < 1.29 is 23.8 Å². The van der Waals surface area contributed by atoms with Gasteiger partial charge in [-0.2, -0.15) is 0 Å². The smallest absolute Gasteiger partial charge is 0.231 e. The van der Waals surface area contributed by atoms with Gasteiger partial charge in [-0.15, -0.1) is 0 Å². The Bertz CT molecular complexity index is 956. The minimum atomic E-state index is -0.393. The second-order valence-electron chi connectivity index (χ2n) is 10.2. The van der Waals surface area contributed by atoms with Gasteiger partial charge in [-0.05, 0) is 28.5 Å². The summed E-state index contributed by atoms with van der Waals surface area (Å²) in [5.74, 6) is 2.57. The molecule has 29 heavy (non-hydrogen) atoms. The van der Waals surface area contributed by atoms with E-state index in [-0.39, 0.29) is 29.2 Å². The average molecular weight is 394 g/mol. The molecule has 0 saturated heterocycles. The first-order valence-electron chi connectivity index (χ1n) is 10.2. The third-order valence-electron chi connectivity index (χ3n) is 6.31. The van der Waals surface area contributed by atoms with Crippen LogP contribution in [0.3, 0.4) is 0 Å². The highest BCUT2D eigenvalue weighted by Gasteiger charge is 2.48. The largest absolute Gasteiger partial charge is 0.465 e. The molecule has 2 heterocycles. The van der Waals surface area contributed by atoms with Gasteiger partial charge in [-0.3, -0.25) is 9.59 Å². The van der Waals surface area contributed by atoms with Crippen LogP contribution in [0.25, 0.3) is 0 Å². The minimum absolute atomic E-state index is 0.0723. The molecular weight excluding hydrogens is 368 g/mol. The highest BCUT2D eigenvalue weighted by molar-refractivity contribution is 6.06. The van der Waals surface area contributed by atoms with Crippen molar-refractivity contribution in [2.24, 2.45) is 10.8 Å². The maximum Gasteiger partial charge on any atom is 0.231 e. The Morgan fingerprint density at radius 3 is 1.93 bits per heavy atom. The van der Waals surface area contributed by atoms with Crippen molar-refractivity contribution in [3.8, 4) is 11.5 Å². The van der Waals surface area contributed by atoms with Crippen molar-refractivity contribution in [2.45, 2.75) is 59.3 Å². The molecule has 4 aliphatic rings. The summed E-state index contributed by atoms with van der Waals surface area (Å²) in [6, 6.07) is 5.72. The van der Waals surface area contributed by atoms with E-state index in [1.165, 1.54) is 0 Å². The Morgan fingerprint density at radius 2 is 1.34 bits per heavy atom. The molecule has 0 atom stereocenters. The van der Waals surface area contributed by atoms with Gasteiger partial charge in [0.05, 0.1) is 0 Å². The maximum absolute atomic E-state index is 13.2. The van der Waals surface area contributed by atoms with Crippen molar-refractivity contribution in [2.75, 3.05) is 6.79 Å². The minimum Gasteiger partial charge on any atom is -0.465 e. The van der Waals surface area contributed by atoms with Crippen molar-refractivity contribution >= 4 is 11.6 Å². The Kier molecular flexibility index (Phi) is 3.80. The Hall–Kier alpha value is -2.56. The van der Waals surface area contributed by atoms with Gasteiger partial charge in [0.1, 0.15) is 11.5 Å². The first-order chi connectivity index (χ1) is 13.6. The highest BCUT2D eigenvalue weighted by Crippen LogP contribution is 2.53. The van der Waals surface area contributed by atoms with Crippen LogP contribution in [0.15, 0.2) is 40.9 Å². The van der Waals surface area contributed by atoms with Crippen LogP contribution in [-0.2, 0) is 14.3 Å². The quantitative estimate of drug-likeness (QED) is 0.684. The van der Waals surface area contributed by atoms with Crippen molar-refractivity contribution in [1.29, 1.82) is 0 Å². The van der Waals surface area contributed by atoms with Crippen molar-refractivity contribution in [3.63, 3.8) is 0 Å². The van der Waals surface area contributed by atoms with E-state index in [1.807, 2.05) is 18.2 Å². The second kappa shape index (κ2) is 5.97. The lowest BCUT2D eigenvalue weighted by molar-refractivity contribution is -0.120. The fourth-order valence-electron chi connectivity index (χ4n) is 5.10. The molecule has 0 bridgehead atoms. The molecule has 5 heteroatoms. The zero-order chi connectivity index (χ0) is 20.6. The predicted octanol–water partition coefficient (Wildman–Crippen LogP) is 4.82. The van der Waals surface area contributed by atoms with Crippen LogP contribution in [0.5, 0.6) is 11.5 Å². The van der Waals surface area contributed by atoms with E-state index < -0.39 is 5.92 Å². The standard InChI is InChI=1S/C24H26O5/c1-23(2)8-14(25)21-18(10-23)29-19-11-24(3,4)9-15(26)22(19)20(21)13-5-6-16-17(7-13)28-12-27-16/h5-7,20H,8-12H2,1-4H3. The van der Waals surface area contributed by atoms with Crippen LogP contribution in [0, 0.1) is 10.8 Å². The molecule has 0 N–H and O–H groups in total. The van der Waals surface area contributed by atoms with Crippen LogP contribution in [0.2, 0.25) is 0 Å². The van der Waals surface area contributed by atoms with E-state index >= 15 is 0 Å². The van der Waals surface area contributed by atoms with Gasteiger partial charge in [0, 0.05) is 42.7 Å². The van der Waals surface area contributed by atoms with E-state index in [1.54, 1.807) is 0 Å². The van der Waals surface area contributed by atoms with Crippen LogP contribution >= 0.6 is 0 Å². The molecule has 0 spiro atoms. The van der Waals surface area contributed by atoms with Gasteiger partial charge < -0.3 is 14.2 Å². The number of ketones is 2. The van der Waals surface area contributed by atoms with E-state index in [0.717, 1.165) is 17.1 Å². The molecule has 0 unspecified atom stereocenters. The number of rotatable bonds is 1. The fourth-order valence-corrected chi connectivity index (χ4v) is 5.10. The fraction of sp³-hybridized carbons (Fsp3) is 0.500. The number of carbonyl (C=O) groups excluding carboxylic acids is 2. The van der Waals surface area contributed by atoms with Crippen LogP contribution in [0.4, 0.5) is 0 Å². The highest BCUT2D eigenvalue weighted by atomic mass is 16.7. The first kappa shape index (κ1) is 18.5. The van der Waals surface area contributed by atoms with Crippen LogP contribution < -0.4 is 9.47 Å². The zero-order valence-electron chi connectivity index (χ0n) is 17.4. The van der Waals surface area contributed by atoms with Gasteiger partial charge in [-0.25, -0.2) is 0 Å². The molecule has 0 radical (unpaired) electrons. The summed E-state index contributed by atoms with van der Waals surface area (Å²) >= 11 is 0. The monoisotopic (exact) mass is 394 g/mol. The molecule has 0 amide bonds. The summed E-state index contributed by atoms with van der Waals surface area (Å²) in [6.07, 6.45) is 2.30. The van der Waals surface area contributed by atoms with Crippen molar-refractivity contribution in [3.05, 3.63) is 46.4 Å². The number of benzene rings is 1. The number of allylic oxidation sites excluding steroid dienone is 4. The lowest BCUT2D eigenvalue weighted by Crippen LogP contribution is -2.37. The van der Waals surface area contributed by atoms with E-state index in [2.05, 4.69) is 27.7 Å². The number of hydrogen-bond acceptors (Lipinski definition) is 5. The molecule has 0 aromatic heterocycles. The van der Waals surface area contributed by atoms with Gasteiger partial charge in [0.25, 0.3) is 0 Å². The molecule has 2 aliphatic heterocycles. The summed E-state index contributed by atoms with van der Waals surface area (Å²) < 4.78 is 17.3. The molecule has 1 aromatic rings. The zero-order valence-corrected chi connectivity index (χ0v) is 17.4. The number of Topliss-reactive ketones (excluding diaryl/α,β-unsaturated/α-hetero) is 2. The first-order valence-corrected chi connectivity index (χ1v) is 10.2. The van der Waals surface area contributed by atoms with E-state index in [0.29, 0.717) is 48.3 Å². The summed E-state index contributed by atoms with van der Waals surface area (Å²) in [7, 11) is 0. The second-order valence-corrected chi connectivity index (χ2v) is 10.2. The van der Waals surface area contributed by atoms with Crippen LogP contribution in [-0.4, -0.2) is 18.4 Å². The number of fused-ring (bicyclic) bond motifs is 1. The Labute approximate surface area is 170 Å². The lowest BCUT2D eigenvalue weighted by Gasteiger charge is -2.42. The summed E-state index contributed by atoms with van der Waals surface area (Å²) in [6.45, 7) is 8.55. The molecule has 152 valence electrons. The van der Waals surface area contributed by atoms with Gasteiger partial charge in [0.15, 0.2) is 23.1 Å². The van der Waals surface area contributed by atoms with E-state index in [4.69, 9.17) is 14.2 Å². The van der Waals surface area contributed by atoms with Gasteiger partial charge in [0.2, 0.25) is 6.79 Å². The molecule has 1 aromatic carbocycles. The normalized spacial score (nSPS) is 25.0. The topological polar surface area (TPSA) is 61.8 Å².